The lowest BCUT2D eigenvalue weighted by atomic mass is 10.1. The normalized spacial score (nSPS) is 9.86. The van der Waals surface area contributed by atoms with E-state index >= 15 is 0 Å². The third-order valence-electron chi connectivity index (χ3n) is 3.09. The van der Waals surface area contributed by atoms with E-state index in [1.54, 1.807) is 30.3 Å². The van der Waals surface area contributed by atoms with Crippen molar-refractivity contribution in [2.75, 3.05) is 5.32 Å². The van der Waals surface area contributed by atoms with Crippen molar-refractivity contribution in [2.24, 2.45) is 0 Å². The summed E-state index contributed by atoms with van der Waals surface area (Å²) in [7, 11) is 0. The lowest BCUT2D eigenvalue weighted by Gasteiger charge is -2.07. The van der Waals surface area contributed by atoms with Crippen LogP contribution in [0.1, 0.15) is 22.8 Å². The molecule has 4 nitrogen and oxygen atoms in total. The topological polar surface area (TPSA) is 55.4 Å². The summed E-state index contributed by atoms with van der Waals surface area (Å²) >= 11 is 0. The predicted octanol–water partition coefficient (Wildman–Crippen LogP) is 3.59. The van der Waals surface area contributed by atoms with Crippen molar-refractivity contribution in [3.8, 4) is 5.75 Å². The lowest BCUT2D eigenvalue weighted by Crippen LogP contribution is -2.09. The summed E-state index contributed by atoms with van der Waals surface area (Å²) in [5.74, 6) is -0.275. The molecule has 0 saturated carbocycles. The van der Waals surface area contributed by atoms with Gasteiger partial charge < -0.3 is 10.1 Å². The van der Waals surface area contributed by atoms with Crippen molar-refractivity contribution < 1.29 is 14.3 Å². The van der Waals surface area contributed by atoms with Gasteiger partial charge in [-0.2, -0.15) is 0 Å². The fourth-order valence-corrected chi connectivity index (χ4v) is 1.88. The molecule has 0 heterocycles. The maximum atomic E-state index is 12.1. The number of benzene rings is 2. The van der Waals surface area contributed by atoms with E-state index in [2.05, 4.69) is 11.9 Å². The Labute approximate surface area is 129 Å². The number of aryl methyl sites for hydroxylation is 1. The van der Waals surface area contributed by atoms with E-state index in [4.69, 9.17) is 4.74 Å². The van der Waals surface area contributed by atoms with Crippen LogP contribution in [0.3, 0.4) is 0 Å². The molecule has 0 aliphatic carbocycles. The second-order valence-electron chi connectivity index (χ2n) is 4.66. The molecular formula is C18H17NO3. The average Bonchev–Trinajstić information content (AvgIpc) is 2.56. The third kappa shape index (κ3) is 4.06. The van der Waals surface area contributed by atoms with E-state index in [9.17, 15) is 9.59 Å². The molecule has 1 N–H and O–H groups in total. The fraction of sp³-hybridized carbons (Fsp3) is 0.111. The van der Waals surface area contributed by atoms with Crippen molar-refractivity contribution in [2.45, 2.75) is 13.3 Å². The minimum Gasteiger partial charge on any atom is -0.423 e. The Hall–Kier alpha value is -2.88. The number of ether oxygens (including phenoxy) is 1. The van der Waals surface area contributed by atoms with Crippen molar-refractivity contribution in [1.82, 2.24) is 0 Å². The van der Waals surface area contributed by atoms with Gasteiger partial charge in [-0.1, -0.05) is 25.6 Å². The minimum atomic E-state index is -0.404. The van der Waals surface area contributed by atoms with E-state index < -0.39 is 5.97 Å². The molecule has 0 unspecified atom stereocenters. The van der Waals surface area contributed by atoms with E-state index in [1.807, 2.05) is 25.1 Å². The molecule has 2 aromatic rings. The maximum absolute atomic E-state index is 12.1. The van der Waals surface area contributed by atoms with Gasteiger partial charge in [-0.25, -0.2) is 4.79 Å². The first-order valence-electron chi connectivity index (χ1n) is 6.97. The van der Waals surface area contributed by atoms with Crippen molar-refractivity contribution >= 4 is 17.6 Å². The highest BCUT2D eigenvalue weighted by Gasteiger charge is 2.09. The van der Waals surface area contributed by atoms with Crippen LogP contribution in [-0.2, 0) is 11.2 Å². The molecule has 0 aliphatic heterocycles. The van der Waals surface area contributed by atoms with Crippen LogP contribution in [0, 0.1) is 0 Å². The Morgan fingerprint density at radius 1 is 1.18 bits per heavy atom. The van der Waals surface area contributed by atoms with E-state index in [-0.39, 0.29) is 5.91 Å². The molecule has 2 aromatic carbocycles. The molecule has 0 bridgehead atoms. The summed E-state index contributed by atoms with van der Waals surface area (Å²) in [5, 5.41) is 2.62. The molecule has 112 valence electrons. The number of hydrogen-bond acceptors (Lipinski definition) is 3. The van der Waals surface area contributed by atoms with E-state index in [1.165, 1.54) is 6.08 Å². The number of carbonyl (C=O) groups is 2. The highest BCUT2D eigenvalue weighted by Crippen LogP contribution is 2.17. The van der Waals surface area contributed by atoms with E-state index in [0.717, 1.165) is 12.0 Å². The first-order valence-corrected chi connectivity index (χ1v) is 6.97. The first-order chi connectivity index (χ1) is 10.6. The molecule has 0 aliphatic rings. The standard InChI is InChI=1S/C18H17NO3/c1-3-13-6-5-7-14(12-13)18(21)22-16-10-8-15(9-11-16)19-17(20)4-2/h4-12H,2-3H2,1H3,(H,19,20). The summed E-state index contributed by atoms with van der Waals surface area (Å²) in [6.45, 7) is 5.41. The van der Waals surface area contributed by atoms with Crippen LogP contribution >= 0.6 is 0 Å². The largest absolute Gasteiger partial charge is 0.423 e. The molecule has 22 heavy (non-hydrogen) atoms. The Morgan fingerprint density at radius 2 is 1.91 bits per heavy atom. The molecule has 0 aromatic heterocycles. The molecule has 0 radical (unpaired) electrons. The van der Waals surface area contributed by atoms with Gasteiger partial charge in [0.15, 0.2) is 0 Å². The number of rotatable bonds is 5. The molecule has 4 heteroatoms. The molecule has 0 saturated heterocycles. The van der Waals surface area contributed by atoms with Crippen LogP contribution in [0.25, 0.3) is 0 Å². The van der Waals surface area contributed by atoms with Gasteiger partial charge in [0.05, 0.1) is 5.56 Å². The molecular weight excluding hydrogens is 278 g/mol. The Morgan fingerprint density at radius 3 is 2.55 bits per heavy atom. The highest BCUT2D eigenvalue weighted by molar-refractivity contribution is 5.98. The van der Waals surface area contributed by atoms with Crippen LogP contribution in [-0.4, -0.2) is 11.9 Å². The second kappa shape index (κ2) is 7.22. The van der Waals surface area contributed by atoms with Gasteiger partial charge in [-0.3, -0.25) is 4.79 Å². The Balaban J connectivity index is 2.05. The summed E-state index contributed by atoms with van der Waals surface area (Å²) in [6.07, 6.45) is 2.05. The zero-order valence-electron chi connectivity index (χ0n) is 12.3. The van der Waals surface area contributed by atoms with E-state index in [0.29, 0.717) is 17.0 Å². The number of hydrogen-bond donors (Lipinski definition) is 1. The first kappa shape index (κ1) is 15.5. The summed E-state index contributed by atoms with van der Waals surface area (Å²) in [6, 6.07) is 13.9. The number of amides is 1. The monoisotopic (exact) mass is 295 g/mol. The van der Waals surface area contributed by atoms with Crippen LogP contribution in [0.4, 0.5) is 5.69 Å². The SMILES string of the molecule is C=CC(=O)Nc1ccc(OC(=O)c2cccc(CC)c2)cc1. The predicted molar refractivity (Wildman–Crippen MR) is 86.0 cm³/mol. The summed E-state index contributed by atoms with van der Waals surface area (Å²) in [5.41, 5.74) is 2.21. The zero-order valence-corrected chi connectivity index (χ0v) is 12.3. The number of carbonyl (C=O) groups excluding carboxylic acids is 2. The van der Waals surface area contributed by atoms with Gasteiger partial charge in [0, 0.05) is 5.69 Å². The van der Waals surface area contributed by atoms with Gasteiger partial charge in [0.25, 0.3) is 0 Å². The smallest absolute Gasteiger partial charge is 0.343 e. The van der Waals surface area contributed by atoms with Crippen LogP contribution in [0.5, 0.6) is 5.75 Å². The summed E-state index contributed by atoms with van der Waals surface area (Å²) in [4.78, 5) is 23.3. The van der Waals surface area contributed by atoms with Gasteiger partial charge in [0.1, 0.15) is 5.75 Å². The number of anilines is 1. The molecule has 1 amide bonds. The fourth-order valence-electron chi connectivity index (χ4n) is 1.88. The average molecular weight is 295 g/mol. The Kier molecular flexibility index (Phi) is 5.09. The third-order valence-corrected chi connectivity index (χ3v) is 3.09. The maximum Gasteiger partial charge on any atom is 0.343 e. The minimum absolute atomic E-state index is 0.291. The Bertz CT molecular complexity index is 690. The lowest BCUT2D eigenvalue weighted by molar-refractivity contribution is -0.111. The van der Waals surface area contributed by atoms with Gasteiger partial charge in [0.2, 0.25) is 5.91 Å². The van der Waals surface area contributed by atoms with Crippen molar-refractivity contribution in [3.05, 3.63) is 72.3 Å². The number of nitrogens with one attached hydrogen (secondary N) is 1. The molecule has 0 spiro atoms. The van der Waals surface area contributed by atoms with Crippen LogP contribution < -0.4 is 10.1 Å². The van der Waals surface area contributed by atoms with Crippen LogP contribution in [0.2, 0.25) is 0 Å². The highest BCUT2D eigenvalue weighted by atomic mass is 16.5. The van der Waals surface area contributed by atoms with Crippen LogP contribution in [0.15, 0.2) is 61.2 Å². The number of esters is 1. The van der Waals surface area contributed by atoms with Gasteiger partial charge in [-0.15, -0.1) is 0 Å². The molecule has 2 rings (SSSR count). The van der Waals surface area contributed by atoms with Crippen molar-refractivity contribution in [1.29, 1.82) is 0 Å². The second-order valence-corrected chi connectivity index (χ2v) is 4.66. The van der Waals surface area contributed by atoms with Gasteiger partial charge in [-0.05, 0) is 54.5 Å². The van der Waals surface area contributed by atoms with Crippen molar-refractivity contribution in [3.63, 3.8) is 0 Å². The zero-order chi connectivity index (χ0) is 15.9. The summed E-state index contributed by atoms with van der Waals surface area (Å²) < 4.78 is 5.31. The van der Waals surface area contributed by atoms with Gasteiger partial charge >= 0.3 is 5.97 Å². The molecule has 0 atom stereocenters. The quantitative estimate of drug-likeness (QED) is 0.521. The molecule has 0 fully saturated rings.